The maximum absolute atomic E-state index is 13.7. The predicted octanol–water partition coefficient (Wildman–Crippen LogP) is 4.36. The average molecular weight is 482 g/mol. The Morgan fingerprint density at radius 3 is 2.18 bits per heavy atom. The molecule has 3 aromatic rings. The van der Waals surface area contributed by atoms with E-state index in [1.165, 1.54) is 29.2 Å². The third-order valence-corrected chi connectivity index (χ3v) is 5.81. The van der Waals surface area contributed by atoms with Gasteiger partial charge in [0.05, 0.1) is 0 Å². The fourth-order valence-corrected chi connectivity index (χ4v) is 4.03. The number of nitrogens with zero attached hydrogens (tertiary/aromatic N) is 2. The highest BCUT2D eigenvalue weighted by molar-refractivity contribution is 6.29. The van der Waals surface area contributed by atoms with Gasteiger partial charge in [-0.15, -0.1) is 11.6 Å². The van der Waals surface area contributed by atoms with E-state index in [2.05, 4.69) is 5.32 Å². The second-order valence-corrected chi connectivity index (χ2v) is 8.10. The highest BCUT2D eigenvalue weighted by Gasteiger charge is 2.35. The Bertz CT molecular complexity index is 1100. The Hall–Kier alpha value is -3.42. The summed E-state index contributed by atoms with van der Waals surface area (Å²) in [7, 11) is 0. The minimum absolute atomic E-state index is 0.240. The molecule has 1 unspecified atom stereocenters. The van der Waals surface area contributed by atoms with Gasteiger partial charge in [-0.2, -0.15) is 0 Å². The summed E-state index contributed by atoms with van der Waals surface area (Å²) in [5.74, 6) is -0.140. The standard InChI is InChI=1S/C26H25ClFN3O3/c27-18-24(32)31(21-10-12-23(13-11-21)34-22-4-2-1-3-5-22)25(19-6-8-20(28)9-7-19)26(33)30-16-14-29-15-17-30/h1-13,25,29H,14-18H2. The molecule has 0 aromatic heterocycles. The van der Waals surface area contributed by atoms with E-state index in [9.17, 15) is 14.0 Å². The highest BCUT2D eigenvalue weighted by atomic mass is 35.5. The van der Waals surface area contributed by atoms with Crippen molar-refractivity contribution in [1.29, 1.82) is 0 Å². The lowest BCUT2D eigenvalue weighted by Crippen LogP contribution is -2.52. The first-order valence-corrected chi connectivity index (χ1v) is 11.6. The van der Waals surface area contributed by atoms with Crippen molar-refractivity contribution in [3.05, 3.63) is 90.2 Å². The first-order chi connectivity index (χ1) is 16.6. The molecule has 0 radical (unpaired) electrons. The number of ether oxygens (including phenoxy) is 1. The van der Waals surface area contributed by atoms with Crippen molar-refractivity contribution < 1.29 is 18.7 Å². The van der Waals surface area contributed by atoms with E-state index in [1.807, 2.05) is 30.3 Å². The number of benzene rings is 3. The van der Waals surface area contributed by atoms with Gasteiger partial charge >= 0.3 is 0 Å². The molecule has 0 saturated carbocycles. The number of nitrogens with one attached hydrogen (secondary N) is 1. The summed E-state index contributed by atoms with van der Waals surface area (Å²) in [6.07, 6.45) is 0. The van der Waals surface area contributed by atoms with Gasteiger partial charge in [-0.05, 0) is 54.1 Å². The van der Waals surface area contributed by atoms with E-state index in [1.54, 1.807) is 29.2 Å². The van der Waals surface area contributed by atoms with Gasteiger partial charge in [-0.1, -0.05) is 30.3 Å². The fraction of sp³-hybridized carbons (Fsp3) is 0.231. The van der Waals surface area contributed by atoms with E-state index >= 15 is 0 Å². The number of halogens is 2. The van der Waals surface area contributed by atoms with Crippen molar-refractivity contribution in [2.75, 3.05) is 37.0 Å². The van der Waals surface area contributed by atoms with Gasteiger partial charge in [0.2, 0.25) is 11.8 Å². The summed E-state index contributed by atoms with van der Waals surface area (Å²) in [5.41, 5.74) is 0.997. The molecule has 1 aliphatic rings. The number of para-hydroxylation sites is 1. The second kappa shape index (κ2) is 11.1. The Morgan fingerprint density at radius 2 is 1.56 bits per heavy atom. The van der Waals surface area contributed by atoms with E-state index in [-0.39, 0.29) is 11.8 Å². The van der Waals surface area contributed by atoms with E-state index in [0.717, 1.165) is 0 Å². The smallest absolute Gasteiger partial charge is 0.250 e. The van der Waals surface area contributed by atoms with Gasteiger partial charge in [0, 0.05) is 31.9 Å². The predicted molar refractivity (Wildman–Crippen MR) is 130 cm³/mol. The van der Waals surface area contributed by atoms with E-state index in [4.69, 9.17) is 16.3 Å². The molecule has 1 atom stereocenters. The van der Waals surface area contributed by atoms with Gasteiger partial charge < -0.3 is 15.0 Å². The SMILES string of the molecule is O=C(C(c1ccc(F)cc1)N(C(=O)CCl)c1ccc(Oc2ccccc2)cc1)N1CCNCC1. The zero-order valence-electron chi connectivity index (χ0n) is 18.5. The molecule has 6 nitrogen and oxygen atoms in total. The zero-order chi connectivity index (χ0) is 23.9. The number of piperazine rings is 1. The minimum Gasteiger partial charge on any atom is -0.457 e. The third kappa shape index (κ3) is 5.55. The minimum atomic E-state index is -0.981. The summed E-state index contributed by atoms with van der Waals surface area (Å²) in [6, 6.07) is 20.9. The number of carbonyl (C=O) groups is 2. The summed E-state index contributed by atoms with van der Waals surface area (Å²) in [6.45, 7) is 2.36. The second-order valence-electron chi connectivity index (χ2n) is 7.84. The summed E-state index contributed by atoms with van der Waals surface area (Å²) in [5, 5.41) is 3.22. The topological polar surface area (TPSA) is 61.9 Å². The molecule has 8 heteroatoms. The molecule has 0 bridgehead atoms. The normalized spacial score (nSPS) is 14.4. The van der Waals surface area contributed by atoms with Crippen LogP contribution in [-0.2, 0) is 9.59 Å². The van der Waals surface area contributed by atoms with Gasteiger partial charge in [-0.25, -0.2) is 4.39 Å². The van der Waals surface area contributed by atoms with Crippen LogP contribution in [0.2, 0.25) is 0 Å². The first-order valence-electron chi connectivity index (χ1n) is 11.0. The number of anilines is 1. The summed E-state index contributed by atoms with van der Waals surface area (Å²) in [4.78, 5) is 29.8. The molecule has 4 rings (SSSR count). The fourth-order valence-electron chi connectivity index (χ4n) is 3.91. The van der Waals surface area contributed by atoms with Gasteiger partial charge in [-0.3, -0.25) is 14.5 Å². The molecule has 176 valence electrons. The number of hydrogen-bond acceptors (Lipinski definition) is 4. The Labute approximate surface area is 202 Å². The number of carbonyl (C=O) groups excluding carboxylic acids is 2. The molecular formula is C26H25ClFN3O3. The lowest BCUT2D eigenvalue weighted by atomic mass is 10.0. The van der Waals surface area contributed by atoms with Crippen molar-refractivity contribution in [1.82, 2.24) is 10.2 Å². The molecule has 2 amide bonds. The van der Waals surface area contributed by atoms with Crippen LogP contribution in [0.4, 0.5) is 10.1 Å². The average Bonchev–Trinajstić information content (AvgIpc) is 2.89. The molecule has 1 N–H and O–H groups in total. The first kappa shape index (κ1) is 23.7. The quantitative estimate of drug-likeness (QED) is 0.509. The van der Waals surface area contributed by atoms with Crippen LogP contribution in [0.5, 0.6) is 11.5 Å². The van der Waals surface area contributed by atoms with Crippen LogP contribution in [0.25, 0.3) is 0 Å². The Balaban J connectivity index is 1.69. The van der Waals surface area contributed by atoms with Crippen LogP contribution in [0.15, 0.2) is 78.9 Å². The van der Waals surface area contributed by atoms with Crippen molar-refractivity contribution in [3.8, 4) is 11.5 Å². The largest absolute Gasteiger partial charge is 0.457 e. The Kier molecular flexibility index (Phi) is 7.77. The third-order valence-electron chi connectivity index (χ3n) is 5.58. The number of alkyl halides is 1. The molecular weight excluding hydrogens is 457 g/mol. The molecule has 3 aromatic carbocycles. The number of rotatable bonds is 7. The number of amides is 2. The maximum Gasteiger partial charge on any atom is 0.250 e. The van der Waals surface area contributed by atoms with Crippen LogP contribution in [0.1, 0.15) is 11.6 Å². The highest BCUT2D eigenvalue weighted by Crippen LogP contribution is 2.32. The van der Waals surface area contributed by atoms with Crippen LogP contribution in [0.3, 0.4) is 0 Å². The van der Waals surface area contributed by atoms with Crippen molar-refractivity contribution in [3.63, 3.8) is 0 Å². The van der Waals surface area contributed by atoms with E-state index < -0.39 is 17.8 Å². The van der Waals surface area contributed by atoms with Crippen LogP contribution in [-0.4, -0.2) is 48.8 Å². The van der Waals surface area contributed by atoms with Crippen LogP contribution in [0, 0.1) is 5.82 Å². The van der Waals surface area contributed by atoms with Gasteiger partial charge in [0.25, 0.3) is 0 Å². The molecule has 1 heterocycles. The van der Waals surface area contributed by atoms with Crippen molar-refractivity contribution in [2.24, 2.45) is 0 Å². The van der Waals surface area contributed by atoms with Gasteiger partial charge in [0.1, 0.15) is 29.2 Å². The van der Waals surface area contributed by atoms with Gasteiger partial charge in [0.15, 0.2) is 0 Å². The molecule has 34 heavy (non-hydrogen) atoms. The van der Waals surface area contributed by atoms with Crippen LogP contribution < -0.4 is 15.0 Å². The molecule has 0 spiro atoms. The summed E-state index contributed by atoms with van der Waals surface area (Å²) >= 11 is 5.97. The van der Waals surface area contributed by atoms with Crippen molar-refractivity contribution in [2.45, 2.75) is 6.04 Å². The summed E-state index contributed by atoms with van der Waals surface area (Å²) < 4.78 is 19.5. The Morgan fingerprint density at radius 1 is 0.941 bits per heavy atom. The van der Waals surface area contributed by atoms with Crippen LogP contribution >= 0.6 is 11.6 Å². The number of hydrogen-bond donors (Lipinski definition) is 1. The molecule has 1 fully saturated rings. The molecule has 1 saturated heterocycles. The molecule has 0 aliphatic carbocycles. The molecule has 1 aliphatic heterocycles. The zero-order valence-corrected chi connectivity index (χ0v) is 19.2. The lowest BCUT2D eigenvalue weighted by Gasteiger charge is -2.36. The van der Waals surface area contributed by atoms with Crippen molar-refractivity contribution >= 4 is 29.1 Å². The van der Waals surface area contributed by atoms with E-state index in [0.29, 0.717) is 48.9 Å². The lowest BCUT2D eigenvalue weighted by molar-refractivity contribution is -0.135. The maximum atomic E-state index is 13.7. The monoisotopic (exact) mass is 481 g/mol.